The van der Waals surface area contributed by atoms with Crippen LogP contribution in [0.3, 0.4) is 0 Å². The molecule has 4 nitrogen and oxygen atoms in total. The molecule has 0 aliphatic heterocycles. The molecule has 0 unspecified atom stereocenters. The van der Waals surface area contributed by atoms with E-state index in [4.69, 9.17) is 11.5 Å². The molecule has 2 aromatic carbocycles. The van der Waals surface area contributed by atoms with Crippen molar-refractivity contribution in [2.75, 3.05) is 11.1 Å². The molecule has 7 heteroatoms. The van der Waals surface area contributed by atoms with E-state index in [2.05, 4.69) is 21.2 Å². The number of carbonyl (C=O) groups is 1. The summed E-state index contributed by atoms with van der Waals surface area (Å²) in [6, 6.07) is 6.09. The molecule has 0 aromatic heterocycles. The van der Waals surface area contributed by atoms with Gasteiger partial charge in [-0.25, -0.2) is 8.78 Å². The largest absolute Gasteiger partial charge is 0.398 e. The second-order valence-corrected chi connectivity index (χ2v) is 4.89. The fourth-order valence-electron chi connectivity index (χ4n) is 1.63. The number of primary amides is 1. The first kappa shape index (κ1) is 14.3. The Morgan fingerprint density at radius 3 is 2.45 bits per heavy atom. The third kappa shape index (κ3) is 2.88. The summed E-state index contributed by atoms with van der Waals surface area (Å²) >= 11 is 3.15. The molecule has 0 saturated heterocycles. The summed E-state index contributed by atoms with van der Waals surface area (Å²) in [4.78, 5) is 11.2. The van der Waals surface area contributed by atoms with Gasteiger partial charge in [0, 0.05) is 10.2 Å². The van der Waals surface area contributed by atoms with E-state index >= 15 is 0 Å². The Morgan fingerprint density at radius 1 is 1.15 bits per heavy atom. The topological polar surface area (TPSA) is 81.1 Å². The van der Waals surface area contributed by atoms with Gasteiger partial charge in [0.05, 0.1) is 16.9 Å². The van der Waals surface area contributed by atoms with Crippen molar-refractivity contribution in [2.45, 2.75) is 0 Å². The molecule has 0 bridgehead atoms. The van der Waals surface area contributed by atoms with Crippen molar-refractivity contribution in [3.63, 3.8) is 0 Å². The zero-order chi connectivity index (χ0) is 14.9. The van der Waals surface area contributed by atoms with E-state index < -0.39 is 17.5 Å². The lowest BCUT2D eigenvalue weighted by molar-refractivity contribution is 0.100. The second kappa shape index (κ2) is 5.46. The lowest BCUT2D eigenvalue weighted by Crippen LogP contribution is -2.14. The van der Waals surface area contributed by atoms with E-state index in [1.165, 1.54) is 24.3 Å². The van der Waals surface area contributed by atoms with Gasteiger partial charge >= 0.3 is 0 Å². The van der Waals surface area contributed by atoms with Crippen molar-refractivity contribution in [1.29, 1.82) is 0 Å². The number of nitrogens with one attached hydrogen (secondary N) is 1. The zero-order valence-electron chi connectivity index (χ0n) is 10.1. The van der Waals surface area contributed by atoms with E-state index in [-0.39, 0.29) is 16.9 Å². The third-order valence-corrected chi connectivity index (χ3v) is 3.26. The van der Waals surface area contributed by atoms with Gasteiger partial charge in [-0.3, -0.25) is 4.79 Å². The van der Waals surface area contributed by atoms with Gasteiger partial charge in [0.25, 0.3) is 5.91 Å². The number of carbonyl (C=O) groups excluding carboxylic acids is 1. The molecule has 0 radical (unpaired) electrons. The molecule has 0 atom stereocenters. The fraction of sp³-hybridized carbons (Fsp3) is 0. The number of rotatable bonds is 3. The van der Waals surface area contributed by atoms with Crippen LogP contribution in [-0.4, -0.2) is 5.91 Å². The third-order valence-electron chi connectivity index (χ3n) is 2.61. The minimum absolute atomic E-state index is 0.00661. The molecule has 2 rings (SSSR count). The first-order valence-electron chi connectivity index (χ1n) is 5.49. The van der Waals surface area contributed by atoms with Gasteiger partial charge in [-0.05, 0) is 46.3 Å². The number of hydrogen-bond acceptors (Lipinski definition) is 3. The average Bonchev–Trinajstić information content (AvgIpc) is 2.35. The molecule has 2 aromatic rings. The lowest BCUT2D eigenvalue weighted by Gasteiger charge is -2.12. The van der Waals surface area contributed by atoms with Crippen LogP contribution in [0, 0.1) is 11.6 Å². The van der Waals surface area contributed by atoms with Crippen LogP contribution in [0.15, 0.2) is 34.8 Å². The quantitative estimate of drug-likeness (QED) is 0.750. The van der Waals surface area contributed by atoms with Gasteiger partial charge in [0.2, 0.25) is 0 Å². The molecule has 0 saturated carbocycles. The number of hydrogen-bond donors (Lipinski definition) is 3. The maximum atomic E-state index is 13.8. The van der Waals surface area contributed by atoms with Crippen LogP contribution in [0.2, 0.25) is 0 Å². The summed E-state index contributed by atoms with van der Waals surface area (Å²) in [6.07, 6.45) is 0. The Kier molecular flexibility index (Phi) is 3.89. The number of halogens is 3. The van der Waals surface area contributed by atoms with Crippen LogP contribution in [0.4, 0.5) is 25.8 Å². The summed E-state index contributed by atoms with van der Waals surface area (Å²) < 4.78 is 27.2. The first-order chi connectivity index (χ1) is 9.38. The summed E-state index contributed by atoms with van der Waals surface area (Å²) in [5.41, 5.74) is 11.1. The highest BCUT2D eigenvalue weighted by molar-refractivity contribution is 9.10. The molecular formula is C13H10BrF2N3O. The normalized spacial score (nSPS) is 10.3. The van der Waals surface area contributed by atoms with Crippen molar-refractivity contribution in [3.05, 3.63) is 52.0 Å². The van der Waals surface area contributed by atoms with Crippen LogP contribution in [0.1, 0.15) is 10.4 Å². The van der Waals surface area contributed by atoms with E-state index in [1.807, 2.05) is 0 Å². The predicted molar refractivity (Wildman–Crippen MR) is 76.7 cm³/mol. The van der Waals surface area contributed by atoms with E-state index in [9.17, 15) is 13.6 Å². The summed E-state index contributed by atoms with van der Waals surface area (Å²) in [6.45, 7) is 0. The predicted octanol–water partition coefficient (Wildman–Crippen LogP) is 3.15. The summed E-state index contributed by atoms with van der Waals surface area (Å²) in [5, 5.41) is 2.74. The Morgan fingerprint density at radius 2 is 1.85 bits per heavy atom. The fourth-order valence-corrected chi connectivity index (χ4v) is 2.08. The number of nitrogen functional groups attached to an aromatic ring is 1. The van der Waals surface area contributed by atoms with Crippen molar-refractivity contribution in [2.24, 2.45) is 5.73 Å². The maximum Gasteiger partial charge on any atom is 0.250 e. The average molecular weight is 342 g/mol. The molecule has 104 valence electrons. The van der Waals surface area contributed by atoms with Gasteiger partial charge in [-0.1, -0.05) is 0 Å². The molecule has 5 N–H and O–H groups in total. The van der Waals surface area contributed by atoms with Crippen molar-refractivity contribution in [1.82, 2.24) is 0 Å². The smallest absolute Gasteiger partial charge is 0.250 e. The molecule has 20 heavy (non-hydrogen) atoms. The van der Waals surface area contributed by atoms with Crippen LogP contribution in [0.25, 0.3) is 0 Å². The van der Waals surface area contributed by atoms with Crippen LogP contribution in [-0.2, 0) is 0 Å². The maximum absolute atomic E-state index is 13.8. The van der Waals surface area contributed by atoms with Crippen LogP contribution < -0.4 is 16.8 Å². The molecule has 0 spiro atoms. The van der Waals surface area contributed by atoms with Gasteiger partial charge in [0.15, 0.2) is 0 Å². The Balaban J connectivity index is 2.43. The number of anilines is 3. The van der Waals surface area contributed by atoms with Crippen molar-refractivity contribution >= 4 is 38.9 Å². The highest BCUT2D eigenvalue weighted by Gasteiger charge is 2.13. The monoisotopic (exact) mass is 341 g/mol. The first-order valence-corrected chi connectivity index (χ1v) is 6.28. The molecule has 0 heterocycles. The van der Waals surface area contributed by atoms with Crippen molar-refractivity contribution in [3.8, 4) is 0 Å². The highest BCUT2D eigenvalue weighted by Crippen LogP contribution is 2.29. The lowest BCUT2D eigenvalue weighted by atomic mass is 10.1. The number of benzene rings is 2. The molecule has 0 aliphatic rings. The summed E-state index contributed by atoms with van der Waals surface area (Å²) in [7, 11) is 0. The minimum atomic E-state index is -0.760. The molecule has 1 amide bonds. The number of nitrogens with two attached hydrogens (primary N) is 2. The number of amides is 1. The van der Waals surface area contributed by atoms with Gasteiger partial charge in [-0.2, -0.15) is 0 Å². The van der Waals surface area contributed by atoms with Gasteiger partial charge in [-0.15, -0.1) is 0 Å². The molecule has 0 fully saturated rings. The van der Waals surface area contributed by atoms with Crippen LogP contribution in [0.5, 0.6) is 0 Å². The SMILES string of the molecule is NC(=O)c1cc(Nc2ccc(F)cc2Br)c(F)cc1N. The zero-order valence-corrected chi connectivity index (χ0v) is 11.7. The van der Waals surface area contributed by atoms with E-state index in [1.54, 1.807) is 0 Å². The van der Waals surface area contributed by atoms with Crippen LogP contribution >= 0.6 is 15.9 Å². The molecular weight excluding hydrogens is 332 g/mol. The second-order valence-electron chi connectivity index (χ2n) is 4.03. The highest BCUT2D eigenvalue weighted by atomic mass is 79.9. The standard InChI is InChI=1S/C13H10BrF2N3O/c14-8-3-6(15)1-2-11(8)19-12-4-7(13(18)20)10(17)5-9(12)16/h1-5,19H,17H2,(H2,18,20). The Hall–Kier alpha value is -2.15. The molecule has 0 aliphatic carbocycles. The Labute approximate surface area is 121 Å². The van der Waals surface area contributed by atoms with E-state index in [0.717, 1.165) is 6.07 Å². The van der Waals surface area contributed by atoms with Gasteiger partial charge < -0.3 is 16.8 Å². The van der Waals surface area contributed by atoms with E-state index in [0.29, 0.717) is 10.2 Å². The van der Waals surface area contributed by atoms with Crippen molar-refractivity contribution < 1.29 is 13.6 Å². The summed E-state index contributed by atoms with van der Waals surface area (Å²) in [5.74, 6) is -1.84. The minimum Gasteiger partial charge on any atom is -0.398 e. The Bertz CT molecular complexity index is 692. The van der Waals surface area contributed by atoms with Gasteiger partial charge in [0.1, 0.15) is 11.6 Å².